The van der Waals surface area contributed by atoms with Crippen molar-refractivity contribution in [3.05, 3.63) is 82.6 Å². The molecule has 0 fully saturated rings. The molecule has 108 valence electrons. The van der Waals surface area contributed by atoms with Crippen LogP contribution in [0.3, 0.4) is 0 Å². The lowest BCUT2D eigenvalue weighted by molar-refractivity contribution is 0.0934. The lowest BCUT2D eigenvalue weighted by Crippen LogP contribution is -2.27. The highest BCUT2D eigenvalue weighted by molar-refractivity contribution is 6.39. The summed E-state index contributed by atoms with van der Waals surface area (Å²) < 4.78 is 0. The summed E-state index contributed by atoms with van der Waals surface area (Å²) in [5.41, 5.74) is 1.45. The normalized spacial score (nSPS) is 15.0. The molecular formula is C18H13NO3. The Labute approximate surface area is 127 Å². The molecule has 0 aromatic heterocycles. The van der Waals surface area contributed by atoms with Crippen molar-refractivity contribution in [1.29, 1.82) is 0 Å². The quantitative estimate of drug-likeness (QED) is 0.865. The number of fused-ring (bicyclic) bond motifs is 1. The van der Waals surface area contributed by atoms with Crippen LogP contribution in [0.4, 0.5) is 0 Å². The van der Waals surface area contributed by atoms with Gasteiger partial charge in [-0.3, -0.25) is 14.6 Å². The van der Waals surface area contributed by atoms with Crippen molar-refractivity contribution in [2.45, 2.75) is 0 Å². The highest BCUT2D eigenvalue weighted by Crippen LogP contribution is 2.27. The van der Waals surface area contributed by atoms with Gasteiger partial charge in [0, 0.05) is 23.7 Å². The van der Waals surface area contributed by atoms with Crippen LogP contribution >= 0.6 is 0 Å². The molecule has 2 aromatic rings. The third-order valence-electron chi connectivity index (χ3n) is 3.60. The number of allylic oxidation sites excluding steroid dienone is 2. The molecule has 0 saturated heterocycles. The molecule has 0 unspecified atom stereocenters. The zero-order valence-electron chi connectivity index (χ0n) is 11.9. The molecule has 0 atom stereocenters. The largest absolute Gasteiger partial charge is 0.504 e. The van der Waals surface area contributed by atoms with Gasteiger partial charge in [-0.1, -0.05) is 54.6 Å². The number of aliphatic imine (C=N–C) groups is 1. The Morgan fingerprint density at radius 3 is 2.00 bits per heavy atom. The third-order valence-corrected chi connectivity index (χ3v) is 3.60. The van der Waals surface area contributed by atoms with Crippen LogP contribution in [0.15, 0.2) is 70.9 Å². The number of Topliss-reactive ketones (excluding diaryl/α,β-unsaturated/α-hetero) is 2. The lowest BCUT2D eigenvalue weighted by atomic mass is 9.84. The fourth-order valence-electron chi connectivity index (χ4n) is 2.56. The van der Waals surface area contributed by atoms with Crippen molar-refractivity contribution in [3.63, 3.8) is 0 Å². The number of hydrogen-bond acceptors (Lipinski definition) is 4. The molecular weight excluding hydrogens is 278 g/mol. The molecule has 0 amide bonds. The van der Waals surface area contributed by atoms with Crippen LogP contribution < -0.4 is 0 Å². The van der Waals surface area contributed by atoms with Crippen molar-refractivity contribution in [3.8, 4) is 0 Å². The van der Waals surface area contributed by atoms with E-state index in [-0.39, 0.29) is 16.7 Å². The Kier molecular flexibility index (Phi) is 3.43. The minimum absolute atomic E-state index is 0.0441. The Balaban J connectivity index is 2.21. The van der Waals surface area contributed by atoms with Crippen LogP contribution in [0.5, 0.6) is 0 Å². The third kappa shape index (κ3) is 2.05. The van der Waals surface area contributed by atoms with Gasteiger partial charge >= 0.3 is 0 Å². The van der Waals surface area contributed by atoms with Gasteiger partial charge in [-0.2, -0.15) is 0 Å². The number of carbonyl (C=O) groups excluding carboxylic acids is 2. The average Bonchev–Trinajstić information content (AvgIpc) is 2.57. The fraction of sp³-hybridized carbons (Fsp3) is 0.0556. The Morgan fingerprint density at radius 2 is 1.41 bits per heavy atom. The van der Waals surface area contributed by atoms with E-state index in [1.807, 2.05) is 6.07 Å². The Morgan fingerprint density at radius 1 is 0.864 bits per heavy atom. The van der Waals surface area contributed by atoms with E-state index < -0.39 is 17.3 Å². The topological polar surface area (TPSA) is 66.7 Å². The summed E-state index contributed by atoms with van der Waals surface area (Å²) in [6, 6.07) is 15.5. The number of ketones is 2. The highest BCUT2D eigenvalue weighted by Gasteiger charge is 2.34. The van der Waals surface area contributed by atoms with Crippen LogP contribution in [0, 0.1) is 0 Å². The summed E-state index contributed by atoms with van der Waals surface area (Å²) >= 11 is 0. The van der Waals surface area contributed by atoms with Gasteiger partial charge in [-0.15, -0.1) is 0 Å². The van der Waals surface area contributed by atoms with Crippen LogP contribution in [-0.4, -0.2) is 29.4 Å². The Bertz CT molecular complexity index is 832. The highest BCUT2D eigenvalue weighted by atomic mass is 16.3. The molecule has 0 radical (unpaired) electrons. The number of nitrogens with zero attached hydrogens (tertiary/aromatic N) is 1. The number of hydrogen-bond donors (Lipinski definition) is 1. The van der Waals surface area contributed by atoms with Gasteiger partial charge in [0.05, 0.1) is 11.3 Å². The molecule has 0 aliphatic heterocycles. The van der Waals surface area contributed by atoms with Crippen LogP contribution in [0.2, 0.25) is 0 Å². The molecule has 0 saturated carbocycles. The van der Waals surface area contributed by atoms with E-state index in [1.54, 1.807) is 42.5 Å². The molecule has 1 aliphatic carbocycles. The van der Waals surface area contributed by atoms with Crippen LogP contribution in [-0.2, 0) is 0 Å². The summed E-state index contributed by atoms with van der Waals surface area (Å²) in [7, 11) is 1.53. The second-order valence-electron chi connectivity index (χ2n) is 4.87. The molecule has 2 aromatic carbocycles. The maximum absolute atomic E-state index is 12.7. The van der Waals surface area contributed by atoms with Crippen molar-refractivity contribution in [2.75, 3.05) is 7.05 Å². The van der Waals surface area contributed by atoms with Crippen molar-refractivity contribution < 1.29 is 14.7 Å². The van der Waals surface area contributed by atoms with Gasteiger partial charge in [-0.05, 0) is 0 Å². The summed E-state index contributed by atoms with van der Waals surface area (Å²) in [6.45, 7) is 0. The van der Waals surface area contributed by atoms with E-state index in [9.17, 15) is 14.7 Å². The van der Waals surface area contributed by atoms with Gasteiger partial charge in [0.15, 0.2) is 11.5 Å². The van der Waals surface area contributed by atoms with Gasteiger partial charge < -0.3 is 5.11 Å². The van der Waals surface area contributed by atoms with E-state index in [2.05, 4.69) is 4.99 Å². The minimum atomic E-state index is -0.553. The fourth-order valence-corrected chi connectivity index (χ4v) is 2.56. The second-order valence-corrected chi connectivity index (χ2v) is 4.87. The summed E-state index contributed by atoms with van der Waals surface area (Å²) in [5, 5.41) is 10.2. The predicted molar refractivity (Wildman–Crippen MR) is 83.7 cm³/mol. The molecule has 0 spiro atoms. The van der Waals surface area contributed by atoms with E-state index in [4.69, 9.17) is 0 Å². The summed E-state index contributed by atoms with van der Waals surface area (Å²) in [4.78, 5) is 29.1. The SMILES string of the molecule is CN=C(C1=C(O)C(=O)c2ccccc2C1=O)c1ccccc1. The molecule has 3 rings (SSSR count). The second kappa shape index (κ2) is 5.41. The number of carbonyl (C=O) groups is 2. The predicted octanol–water partition coefficient (Wildman–Crippen LogP) is 3.00. The molecule has 0 bridgehead atoms. The standard InChI is InChI=1S/C18H13NO3/c1-19-15(11-7-3-2-4-8-11)14-16(20)12-9-5-6-10-13(12)17(21)18(14)22/h2-10,22H,1H3. The first-order chi connectivity index (χ1) is 10.6. The van der Waals surface area contributed by atoms with E-state index in [0.29, 0.717) is 11.3 Å². The molecule has 4 nitrogen and oxygen atoms in total. The van der Waals surface area contributed by atoms with E-state index >= 15 is 0 Å². The minimum Gasteiger partial charge on any atom is -0.504 e. The van der Waals surface area contributed by atoms with Crippen LogP contribution in [0.1, 0.15) is 26.3 Å². The summed E-state index contributed by atoms with van der Waals surface area (Å²) in [6.07, 6.45) is 0. The van der Waals surface area contributed by atoms with Crippen molar-refractivity contribution in [1.82, 2.24) is 0 Å². The van der Waals surface area contributed by atoms with Gasteiger partial charge in [0.1, 0.15) is 0 Å². The van der Waals surface area contributed by atoms with E-state index in [0.717, 1.165) is 0 Å². The number of aliphatic hydroxyl groups excluding tert-OH is 1. The monoisotopic (exact) mass is 291 g/mol. The van der Waals surface area contributed by atoms with Gasteiger partial charge in [0.2, 0.25) is 5.78 Å². The van der Waals surface area contributed by atoms with E-state index in [1.165, 1.54) is 13.1 Å². The Hall–Kier alpha value is -3.01. The molecule has 22 heavy (non-hydrogen) atoms. The zero-order chi connectivity index (χ0) is 15.7. The van der Waals surface area contributed by atoms with Gasteiger partial charge in [-0.25, -0.2) is 0 Å². The number of aliphatic hydroxyl groups is 1. The zero-order valence-corrected chi connectivity index (χ0v) is 11.9. The first-order valence-corrected chi connectivity index (χ1v) is 6.79. The maximum atomic E-state index is 12.7. The first-order valence-electron chi connectivity index (χ1n) is 6.79. The first kappa shape index (κ1) is 13.9. The lowest BCUT2D eigenvalue weighted by Gasteiger charge is -2.18. The molecule has 1 N–H and O–H groups in total. The van der Waals surface area contributed by atoms with Gasteiger partial charge in [0.25, 0.3) is 0 Å². The summed E-state index contributed by atoms with van der Waals surface area (Å²) in [5.74, 6) is -1.49. The van der Waals surface area contributed by atoms with Crippen LogP contribution in [0.25, 0.3) is 0 Å². The van der Waals surface area contributed by atoms with Crippen molar-refractivity contribution >= 4 is 17.3 Å². The number of benzene rings is 2. The maximum Gasteiger partial charge on any atom is 0.228 e. The molecule has 4 heteroatoms. The van der Waals surface area contributed by atoms with Crippen molar-refractivity contribution in [2.24, 2.45) is 4.99 Å². The smallest absolute Gasteiger partial charge is 0.228 e. The average molecular weight is 291 g/mol. The molecule has 0 heterocycles. The number of rotatable bonds is 2. The molecule has 1 aliphatic rings.